The lowest BCUT2D eigenvalue weighted by Crippen LogP contribution is -2.16. The number of hydrogen-bond acceptors (Lipinski definition) is 3. The first-order valence-electron chi connectivity index (χ1n) is 6.24. The molecule has 0 aliphatic carbocycles. The maximum Gasteiger partial charge on any atom is 0.250 e. The zero-order valence-electron chi connectivity index (χ0n) is 10.9. The van der Waals surface area contributed by atoms with Crippen molar-refractivity contribution in [1.29, 1.82) is 0 Å². The van der Waals surface area contributed by atoms with E-state index in [0.29, 0.717) is 29.9 Å². The second-order valence-corrected chi connectivity index (χ2v) is 4.44. The maximum atomic E-state index is 13.0. The van der Waals surface area contributed by atoms with Crippen LogP contribution in [0.3, 0.4) is 0 Å². The molecule has 0 heterocycles. The van der Waals surface area contributed by atoms with Crippen LogP contribution in [-0.4, -0.2) is 12.5 Å². The number of primary amides is 1. The summed E-state index contributed by atoms with van der Waals surface area (Å²) in [5.41, 5.74) is 13.3. The normalized spacial score (nSPS) is 10.2. The Kier molecular flexibility index (Phi) is 4.20. The van der Waals surface area contributed by atoms with Gasteiger partial charge < -0.3 is 16.8 Å². The molecule has 104 valence electrons. The number of anilines is 2. The van der Waals surface area contributed by atoms with Crippen LogP contribution in [0.1, 0.15) is 15.9 Å². The Balaban J connectivity index is 2.06. The third-order valence-corrected chi connectivity index (χ3v) is 2.97. The molecule has 2 aromatic carbocycles. The first kappa shape index (κ1) is 13.9. The van der Waals surface area contributed by atoms with Gasteiger partial charge in [-0.15, -0.1) is 0 Å². The molecule has 1 amide bonds. The van der Waals surface area contributed by atoms with Crippen molar-refractivity contribution in [3.8, 4) is 0 Å². The minimum Gasteiger partial charge on any atom is -0.397 e. The Bertz CT molecular complexity index is 628. The summed E-state index contributed by atoms with van der Waals surface area (Å²) in [5.74, 6) is -0.801. The average molecular weight is 273 g/mol. The molecule has 0 saturated carbocycles. The number of rotatable bonds is 5. The lowest BCUT2D eigenvalue weighted by molar-refractivity contribution is 0.100. The van der Waals surface area contributed by atoms with Gasteiger partial charge in [0, 0.05) is 6.54 Å². The fraction of sp³-hybridized carbons (Fsp3) is 0.133. The molecule has 0 saturated heterocycles. The summed E-state index contributed by atoms with van der Waals surface area (Å²) in [7, 11) is 0. The molecule has 0 atom stereocenters. The van der Waals surface area contributed by atoms with Gasteiger partial charge in [0.15, 0.2) is 0 Å². The maximum absolute atomic E-state index is 13.0. The van der Waals surface area contributed by atoms with Crippen LogP contribution in [-0.2, 0) is 6.42 Å². The quantitative estimate of drug-likeness (QED) is 0.730. The first-order valence-corrected chi connectivity index (χ1v) is 6.24. The number of carbonyl (C=O) groups excluding carboxylic acids is 1. The summed E-state index contributed by atoms with van der Waals surface area (Å²) in [5, 5.41) is 3.08. The molecule has 0 spiro atoms. The molecule has 0 aromatic heterocycles. The lowest BCUT2D eigenvalue weighted by Gasteiger charge is -2.12. The average Bonchev–Trinajstić information content (AvgIpc) is 2.40. The van der Waals surface area contributed by atoms with Gasteiger partial charge in [0.1, 0.15) is 5.82 Å². The summed E-state index contributed by atoms with van der Waals surface area (Å²) in [6.45, 7) is 0.526. The number of nitrogens with two attached hydrogens (primary N) is 2. The van der Waals surface area contributed by atoms with Crippen LogP contribution >= 0.6 is 0 Å². The molecule has 0 unspecified atom stereocenters. The Morgan fingerprint density at radius 1 is 1.20 bits per heavy atom. The van der Waals surface area contributed by atoms with E-state index in [9.17, 15) is 9.18 Å². The highest BCUT2D eigenvalue weighted by Crippen LogP contribution is 2.23. The van der Waals surface area contributed by atoms with E-state index in [0.717, 1.165) is 5.56 Å². The van der Waals surface area contributed by atoms with Gasteiger partial charge in [0.25, 0.3) is 5.91 Å². The number of benzene rings is 2. The zero-order chi connectivity index (χ0) is 14.5. The van der Waals surface area contributed by atoms with Crippen molar-refractivity contribution in [2.75, 3.05) is 17.6 Å². The molecule has 5 heteroatoms. The van der Waals surface area contributed by atoms with E-state index in [-0.39, 0.29) is 5.82 Å². The van der Waals surface area contributed by atoms with Crippen LogP contribution < -0.4 is 16.8 Å². The summed E-state index contributed by atoms with van der Waals surface area (Å²) < 4.78 is 13.0. The van der Waals surface area contributed by atoms with Gasteiger partial charge in [-0.2, -0.15) is 0 Å². The van der Waals surface area contributed by atoms with E-state index in [1.165, 1.54) is 12.1 Å². The van der Waals surface area contributed by atoms with Crippen LogP contribution in [0.5, 0.6) is 0 Å². The van der Waals surface area contributed by atoms with Crippen LogP contribution in [0.4, 0.5) is 15.8 Å². The second kappa shape index (κ2) is 6.06. The van der Waals surface area contributed by atoms with Gasteiger partial charge in [-0.25, -0.2) is 4.39 Å². The fourth-order valence-corrected chi connectivity index (χ4v) is 2.00. The SMILES string of the molecule is NC(=O)c1cccc(N)c1NCCc1cccc(F)c1. The van der Waals surface area contributed by atoms with Crippen molar-refractivity contribution in [2.45, 2.75) is 6.42 Å². The van der Waals surface area contributed by atoms with Gasteiger partial charge in [-0.05, 0) is 36.2 Å². The van der Waals surface area contributed by atoms with E-state index in [1.54, 1.807) is 24.3 Å². The smallest absolute Gasteiger partial charge is 0.250 e. The molecule has 0 radical (unpaired) electrons. The predicted octanol–water partition coefficient (Wildman–Crippen LogP) is 2.16. The van der Waals surface area contributed by atoms with Crippen LogP contribution in [0.25, 0.3) is 0 Å². The van der Waals surface area contributed by atoms with E-state index in [4.69, 9.17) is 11.5 Å². The molecule has 0 aliphatic heterocycles. The molecule has 0 fully saturated rings. The van der Waals surface area contributed by atoms with Crippen LogP contribution in [0.2, 0.25) is 0 Å². The van der Waals surface area contributed by atoms with Crippen LogP contribution in [0.15, 0.2) is 42.5 Å². The van der Waals surface area contributed by atoms with Crippen molar-refractivity contribution in [1.82, 2.24) is 0 Å². The van der Waals surface area contributed by atoms with E-state index >= 15 is 0 Å². The van der Waals surface area contributed by atoms with Gasteiger partial charge >= 0.3 is 0 Å². The Hall–Kier alpha value is -2.56. The topological polar surface area (TPSA) is 81.1 Å². The minimum absolute atomic E-state index is 0.264. The van der Waals surface area contributed by atoms with Crippen molar-refractivity contribution in [3.63, 3.8) is 0 Å². The number of hydrogen-bond donors (Lipinski definition) is 3. The lowest BCUT2D eigenvalue weighted by atomic mass is 10.1. The van der Waals surface area contributed by atoms with E-state index in [2.05, 4.69) is 5.32 Å². The largest absolute Gasteiger partial charge is 0.397 e. The minimum atomic E-state index is -0.537. The van der Waals surface area contributed by atoms with Crippen molar-refractivity contribution < 1.29 is 9.18 Å². The Morgan fingerprint density at radius 3 is 2.65 bits per heavy atom. The number of halogens is 1. The van der Waals surface area contributed by atoms with Gasteiger partial charge in [0.05, 0.1) is 16.9 Å². The molecule has 2 aromatic rings. The molecule has 20 heavy (non-hydrogen) atoms. The number of carbonyl (C=O) groups is 1. The summed E-state index contributed by atoms with van der Waals surface area (Å²) in [6, 6.07) is 11.4. The molecular weight excluding hydrogens is 257 g/mol. The highest BCUT2D eigenvalue weighted by Gasteiger charge is 2.10. The molecule has 5 N–H and O–H groups in total. The number of nitrogen functional groups attached to an aromatic ring is 1. The number of nitrogens with one attached hydrogen (secondary N) is 1. The fourth-order valence-electron chi connectivity index (χ4n) is 2.00. The standard InChI is InChI=1S/C15H16FN3O/c16-11-4-1-3-10(9-11)7-8-19-14-12(15(18)20)5-2-6-13(14)17/h1-6,9,19H,7-8,17H2,(H2,18,20). The number of amides is 1. The first-order chi connectivity index (χ1) is 9.58. The molecule has 2 rings (SSSR count). The molecular formula is C15H16FN3O. The third kappa shape index (κ3) is 3.26. The van der Waals surface area contributed by atoms with Crippen molar-refractivity contribution >= 4 is 17.3 Å². The predicted molar refractivity (Wildman–Crippen MR) is 78.0 cm³/mol. The van der Waals surface area contributed by atoms with Gasteiger partial charge in [0.2, 0.25) is 0 Å². The van der Waals surface area contributed by atoms with E-state index in [1.807, 2.05) is 6.07 Å². The number of para-hydroxylation sites is 1. The van der Waals surface area contributed by atoms with E-state index < -0.39 is 5.91 Å². The summed E-state index contributed by atoms with van der Waals surface area (Å²) in [4.78, 5) is 11.3. The Labute approximate surface area is 116 Å². The second-order valence-electron chi connectivity index (χ2n) is 4.44. The third-order valence-electron chi connectivity index (χ3n) is 2.97. The highest BCUT2D eigenvalue weighted by atomic mass is 19.1. The monoisotopic (exact) mass is 273 g/mol. The zero-order valence-corrected chi connectivity index (χ0v) is 10.9. The molecule has 0 bridgehead atoms. The molecule has 0 aliphatic rings. The summed E-state index contributed by atoms with van der Waals surface area (Å²) in [6.07, 6.45) is 0.615. The summed E-state index contributed by atoms with van der Waals surface area (Å²) >= 11 is 0. The molecule has 4 nitrogen and oxygen atoms in total. The Morgan fingerprint density at radius 2 is 1.95 bits per heavy atom. The van der Waals surface area contributed by atoms with Crippen LogP contribution in [0, 0.1) is 5.82 Å². The van der Waals surface area contributed by atoms with Crippen molar-refractivity contribution in [3.05, 3.63) is 59.4 Å². The van der Waals surface area contributed by atoms with Gasteiger partial charge in [-0.1, -0.05) is 18.2 Å². The van der Waals surface area contributed by atoms with Crippen molar-refractivity contribution in [2.24, 2.45) is 5.73 Å². The highest BCUT2D eigenvalue weighted by molar-refractivity contribution is 6.01. The van der Waals surface area contributed by atoms with Gasteiger partial charge in [-0.3, -0.25) is 4.79 Å².